The van der Waals surface area contributed by atoms with E-state index < -0.39 is 0 Å². The van der Waals surface area contributed by atoms with Gasteiger partial charge >= 0.3 is 0 Å². The highest BCUT2D eigenvalue weighted by Gasteiger charge is 2.17. The van der Waals surface area contributed by atoms with Crippen LogP contribution in [0.2, 0.25) is 10.0 Å². The summed E-state index contributed by atoms with van der Waals surface area (Å²) in [5, 5.41) is 0.631. The van der Waals surface area contributed by atoms with Crippen molar-refractivity contribution >= 4 is 45.8 Å². The molecule has 1 aromatic heterocycles. The van der Waals surface area contributed by atoms with Crippen LogP contribution in [0.15, 0.2) is 36.4 Å². The van der Waals surface area contributed by atoms with E-state index in [9.17, 15) is 4.39 Å². The molecule has 1 unspecified atom stereocenters. The van der Waals surface area contributed by atoms with Gasteiger partial charge in [0.25, 0.3) is 0 Å². The molecule has 3 rings (SSSR count). The molecular weight excluding hydrogens is 334 g/mol. The van der Waals surface area contributed by atoms with E-state index in [1.165, 1.54) is 12.1 Å². The molecule has 21 heavy (non-hydrogen) atoms. The summed E-state index contributed by atoms with van der Waals surface area (Å²) in [4.78, 5) is 4.47. The van der Waals surface area contributed by atoms with Crippen molar-refractivity contribution in [2.75, 3.05) is 0 Å². The Kier molecular flexibility index (Phi) is 3.82. The third kappa shape index (κ3) is 2.73. The van der Waals surface area contributed by atoms with E-state index in [0.29, 0.717) is 32.6 Å². The molecule has 0 aliphatic rings. The lowest BCUT2D eigenvalue weighted by Crippen LogP contribution is -2.02. The van der Waals surface area contributed by atoms with Crippen LogP contribution in [0.1, 0.15) is 18.1 Å². The minimum atomic E-state index is -0.349. The molecule has 0 aliphatic carbocycles. The third-order valence-corrected chi connectivity index (χ3v) is 3.74. The Labute approximate surface area is 136 Å². The van der Waals surface area contributed by atoms with Crippen LogP contribution in [-0.2, 0) is 0 Å². The Balaban J connectivity index is 2.38. The van der Waals surface area contributed by atoms with Crippen LogP contribution in [-0.4, -0.2) is 9.55 Å². The highest BCUT2D eigenvalue weighted by molar-refractivity contribution is 6.34. The van der Waals surface area contributed by atoms with E-state index in [-0.39, 0.29) is 11.2 Å². The van der Waals surface area contributed by atoms with Gasteiger partial charge in [-0.15, -0.1) is 11.6 Å². The Morgan fingerprint density at radius 3 is 2.38 bits per heavy atom. The van der Waals surface area contributed by atoms with Gasteiger partial charge in [0.15, 0.2) is 0 Å². The number of nitrogens with zero attached hydrogens (tertiary/aromatic N) is 2. The van der Waals surface area contributed by atoms with Crippen LogP contribution in [0.5, 0.6) is 0 Å². The van der Waals surface area contributed by atoms with Crippen molar-refractivity contribution in [3.63, 3.8) is 0 Å². The smallest absolute Gasteiger partial charge is 0.132 e. The average Bonchev–Trinajstić information content (AvgIpc) is 2.76. The van der Waals surface area contributed by atoms with Gasteiger partial charge in [-0.2, -0.15) is 0 Å². The molecule has 0 fully saturated rings. The topological polar surface area (TPSA) is 17.8 Å². The van der Waals surface area contributed by atoms with Crippen molar-refractivity contribution in [3.8, 4) is 5.69 Å². The van der Waals surface area contributed by atoms with Gasteiger partial charge in [0.2, 0.25) is 0 Å². The molecule has 1 heterocycles. The van der Waals surface area contributed by atoms with Crippen LogP contribution < -0.4 is 0 Å². The number of halogens is 4. The molecule has 0 saturated carbocycles. The second kappa shape index (κ2) is 5.48. The molecule has 0 bridgehead atoms. The van der Waals surface area contributed by atoms with Crippen LogP contribution in [0.4, 0.5) is 4.39 Å². The number of hydrogen-bond donors (Lipinski definition) is 0. The van der Waals surface area contributed by atoms with Crippen molar-refractivity contribution in [3.05, 3.63) is 58.1 Å². The summed E-state index contributed by atoms with van der Waals surface area (Å²) < 4.78 is 15.3. The van der Waals surface area contributed by atoms with Crippen molar-refractivity contribution < 1.29 is 4.39 Å². The van der Waals surface area contributed by atoms with Gasteiger partial charge < -0.3 is 0 Å². The maximum atomic E-state index is 13.6. The first-order chi connectivity index (χ1) is 9.95. The monoisotopic (exact) mass is 342 g/mol. The number of benzene rings is 2. The molecule has 2 nitrogen and oxygen atoms in total. The summed E-state index contributed by atoms with van der Waals surface area (Å²) in [6, 6.07) is 9.52. The van der Waals surface area contributed by atoms with Gasteiger partial charge in [-0.1, -0.05) is 23.2 Å². The predicted octanol–water partition coefficient (Wildman–Crippen LogP) is 5.77. The Hall–Kier alpha value is -1.29. The van der Waals surface area contributed by atoms with Gasteiger partial charge in [0, 0.05) is 16.1 Å². The Morgan fingerprint density at radius 2 is 1.76 bits per heavy atom. The highest BCUT2D eigenvalue weighted by Crippen LogP contribution is 2.31. The van der Waals surface area contributed by atoms with Crippen molar-refractivity contribution in [2.24, 2.45) is 0 Å². The van der Waals surface area contributed by atoms with E-state index in [2.05, 4.69) is 4.98 Å². The van der Waals surface area contributed by atoms with Crippen LogP contribution >= 0.6 is 34.8 Å². The van der Waals surface area contributed by atoms with Crippen molar-refractivity contribution in [2.45, 2.75) is 12.3 Å². The summed E-state index contributed by atoms with van der Waals surface area (Å²) in [6.07, 6.45) is 0. The molecule has 0 amide bonds. The Bertz CT molecular complexity index is 807. The number of rotatable bonds is 2. The van der Waals surface area contributed by atoms with Crippen LogP contribution in [0.3, 0.4) is 0 Å². The van der Waals surface area contributed by atoms with Crippen LogP contribution in [0, 0.1) is 5.82 Å². The van der Waals surface area contributed by atoms with Gasteiger partial charge in [-0.25, -0.2) is 9.37 Å². The maximum Gasteiger partial charge on any atom is 0.132 e. The maximum absolute atomic E-state index is 13.6. The molecule has 6 heteroatoms. The fraction of sp³-hybridized carbons (Fsp3) is 0.133. The summed E-state index contributed by atoms with van der Waals surface area (Å²) in [6.45, 7) is 1.81. The average molecular weight is 344 g/mol. The molecule has 0 aliphatic heterocycles. The number of hydrogen-bond acceptors (Lipinski definition) is 1. The Morgan fingerprint density at radius 1 is 1.10 bits per heavy atom. The van der Waals surface area contributed by atoms with E-state index in [1.807, 2.05) is 6.92 Å². The predicted molar refractivity (Wildman–Crippen MR) is 85.3 cm³/mol. The molecule has 2 aromatic carbocycles. The van der Waals surface area contributed by atoms with Gasteiger partial charge in [0.05, 0.1) is 22.1 Å². The molecule has 1 atom stereocenters. The molecule has 0 N–H and O–H groups in total. The van der Waals surface area contributed by atoms with Gasteiger partial charge in [-0.05, 0) is 37.3 Å². The molecule has 3 aromatic rings. The van der Waals surface area contributed by atoms with Crippen molar-refractivity contribution in [1.82, 2.24) is 9.55 Å². The lowest BCUT2D eigenvalue weighted by atomic mass is 10.2. The van der Waals surface area contributed by atoms with E-state index in [1.54, 1.807) is 28.8 Å². The largest absolute Gasteiger partial charge is 0.295 e. The molecule has 0 spiro atoms. The van der Waals surface area contributed by atoms with Crippen LogP contribution in [0.25, 0.3) is 16.7 Å². The zero-order valence-corrected chi connectivity index (χ0v) is 13.2. The van der Waals surface area contributed by atoms with E-state index in [0.717, 1.165) is 0 Å². The summed E-state index contributed by atoms with van der Waals surface area (Å²) in [5.41, 5.74) is 1.98. The first-order valence-electron chi connectivity index (χ1n) is 6.24. The SMILES string of the molecule is CC(Cl)c1nc2ccc(F)cc2n1-c1cc(Cl)cc(Cl)c1. The number of fused-ring (bicyclic) bond motifs is 1. The molecular formula is C15H10Cl3FN2. The molecule has 0 radical (unpaired) electrons. The highest BCUT2D eigenvalue weighted by atomic mass is 35.5. The van der Waals surface area contributed by atoms with Gasteiger partial charge in [0.1, 0.15) is 11.6 Å². The summed E-state index contributed by atoms with van der Waals surface area (Å²) >= 11 is 18.3. The number of aromatic nitrogens is 2. The minimum absolute atomic E-state index is 0.342. The van der Waals surface area contributed by atoms with Gasteiger partial charge in [-0.3, -0.25) is 4.57 Å². The summed E-state index contributed by atoms with van der Waals surface area (Å²) in [7, 11) is 0. The number of imidazole rings is 1. The quantitative estimate of drug-likeness (QED) is 0.540. The fourth-order valence-corrected chi connectivity index (χ4v) is 2.93. The van der Waals surface area contributed by atoms with E-state index in [4.69, 9.17) is 34.8 Å². The third-order valence-electron chi connectivity index (χ3n) is 3.10. The first-order valence-corrected chi connectivity index (χ1v) is 7.43. The standard InChI is InChI=1S/C15H10Cl3FN2/c1-8(16)15-20-13-3-2-11(19)7-14(13)21(15)12-5-9(17)4-10(18)6-12/h2-8H,1H3. The first kappa shape index (κ1) is 14.6. The minimum Gasteiger partial charge on any atom is -0.295 e. The second-order valence-electron chi connectivity index (χ2n) is 4.68. The number of alkyl halides is 1. The van der Waals surface area contributed by atoms with E-state index >= 15 is 0 Å². The lowest BCUT2D eigenvalue weighted by molar-refractivity contribution is 0.629. The lowest BCUT2D eigenvalue weighted by Gasteiger charge is -2.11. The zero-order valence-electron chi connectivity index (χ0n) is 10.9. The molecule has 0 saturated heterocycles. The second-order valence-corrected chi connectivity index (χ2v) is 6.21. The summed E-state index contributed by atoms with van der Waals surface area (Å²) in [5.74, 6) is 0.265. The van der Waals surface area contributed by atoms with Crippen molar-refractivity contribution in [1.29, 1.82) is 0 Å². The fourth-order valence-electron chi connectivity index (χ4n) is 2.27. The normalized spacial score (nSPS) is 12.8. The molecule has 108 valence electrons. The zero-order chi connectivity index (χ0) is 15.1.